The minimum absolute atomic E-state index is 0.641. The van der Waals surface area contributed by atoms with Crippen molar-refractivity contribution in [3.63, 3.8) is 0 Å². The maximum atomic E-state index is 5.85. The van der Waals surface area contributed by atoms with Crippen molar-refractivity contribution in [2.75, 3.05) is 26.2 Å². The fourth-order valence-electron chi connectivity index (χ4n) is 2.71. The molecule has 2 atom stereocenters. The highest BCUT2D eigenvalue weighted by molar-refractivity contribution is 5.64. The molecule has 0 amide bonds. The second-order valence-corrected chi connectivity index (χ2v) is 5.47. The summed E-state index contributed by atoms with van der Waals surface area (Å²) in [7, 11) is 0. The molecule has 18 heavy (non-hydrogen) atoms. The van der Waals surface area contributed by atoms with Crippen molar-refractivity contribution in [1.82, 2.24) is 4.90 Å². The van der Waals surface area contributed by atoms with E-state index < -0.39 is 0 Å². The van der Waals surface area contributed by atoms with Gasteiger partial charge in [-0.3, -0.25) is 4.90 Å². The van der Waals surface area contributed by atoms with Gasteiger partial charge in [0.15, 0.2) is 0 Å². The van der Waals surface area contributed by atoms with Crippen molar-refractivity contribution in [2.45, 2.75) is 13.3 Å². The Labute approximate surface area is 110 Å². The van der Waals surface area contributed by atoms with Crippen LogP contribution in [0.25, 0.3) is 5.57 Å². The number of likely N-dealkylation sites (tertiary alicyclic amines) is 1. The molecule has 1 aromatic rings. The highest BCUT2D eigenvalue weighted by Gasteiger charge is 2.25. The Bertz CT molecular complexity index is 385. The van der Waals surface area contributed by atoms with Crippen molar-refractivity contribution in [2.24, 2.45) is 17.6 Å². The van der Waals surface area contributed by atoms with Crippen LogP contribution in [0.5, 0.6) is 0 Å². The standard InChI is InChI=1S/C16H24N2/c1-13-8-9-18(12-16(13)10-17)11-14(2)15-6-4-3-5-7-15/h3-7,13,16H,2,8-12,17H2,1H3. The van der Waals surface area contributed by atoms with Crippen molar-refractivity contribution in [3.05, 3.63) is 42.5 Å². The summed E-state index contributed by atoms with van der Waals surface area (Å²) in [6.45, 7) is 10.6. The summed E-state index contributed by atoms with van der Waals surface area (Å²) in [6, 6.07) is 10.5. The van der Waals surface area contributed by atoms with Gasteiger partial charge in [0, 0.05) is 13.1 Å². The van der Waals surface area contributed by atoms with Crippen molar-refractivity contribution < 1.29 is 0 Å². The molecule has 2 nitrogen and oxygen atoms in total. The molecule has 1 aliphatic heterocycles. The van der Waals surface area contributed by atoms with E-state index in [-0.39, 0.29) is 0 Å². The summed E-state index contributed by atoms with van der Waals surface area (Å²) in [4.78, 5) is 2.49. The van der Waals surface area contributed by atoms with Crippen molar-refractivity contribution in [1.29, 1.82) is 0 Å². The highest BCUT2D eigenvalue weighted by Crippen LogP contribution is 2.24. The summed E-state index contributed by atoms with van der Waals surface area (Å²) in [6.07, 6.45) is 1.25. The van der Waals surface area contributed by atoms with Crippen LogP contribution >= 0.6 is 0 Å². The Morgan fingerprint density at radius 2 is 2.11 bits per heavy atom. The first-order valence-electron chi connectivity index (χ1n) is 6.86. The van der Waals surface area contributed by atoms with E-state index in [1.807, 2.05) is 6.07 Å². The second-order valence-electron chi connectivity index (χ2n) is 5.47. The molecule has 0 spiro atoms. The lowest BCUT2D eigenvalue weighted by atomic mass is 9.87. The Hall–Kier alpha value is -1.12. The molecule has 98 valence electrons. The average molecular weight is 244 g/mol. The van der Waals surface area contributed by atoms with E-state index in [2.05, 4.69) is 42.7 Å². The zero-order chi connectivity index (χ0) is 13.0. The predicted octanol–water partition coefficient (Wildman–Crippen LogP) is 2.62. The van der Waals surface area contributed by atoms with Crippen LogP contribution in [0.1, 0.15) is 18.9 Å². The maximum Gasteiger partial charge on any atom is 0.0233 e. The van der Waals surface area contributed by atoms with Crippen LogP contribution in [0.3, 0.4) is 0 Å². The molecule has 0 saturated carbocycles. The zero-order valence-corrected chi connectivity index (χ0v) is 11.3. The van der Waals surface area contributed by atoms with Gasteiger partial charge in [0.1, 0.15) is 0 Å². The van der Waals surface area contributed by atoms with Gasteiger partial charge in [-0.1, -0.05) is 43.8 Å². The van der Waals surface area contributed by atoms with Crippen LogP contribution in [0.2, 0.25) is 0 Å². The summed E-state index contributed by atoms with van der Waals surface area (Å²) < 4.78 is 0. The van der Waals surface area contributed by atoms with Gasteiger partial charge >= 0.3 is 0 Å². The first-order chi connectivity index (χ1) is 8.70. The van der Waals surface area contributed by atoms with E-state index >= 15 is 0 Å². The lowest BCUT2D eigenvalue weighted by Gasteiger charge is -2.36. The van der Waals surface area contributed by atoms with Gasteiger partial charge in [-0.25, -0.2) is 0 Å². The fraction of sp³-hybridized carbons (Fsp3) is 0.500. The Balaban J connectivity index is 1.92. The molecule has 0 aliphatic carbocycles. The first kappa shape index (κ1) is 13.3. The van der Waals surface area contributed by atoms with Crippen molar-refractivity contribution in [3.8, 4) is 0 Å². The average Bonchev–Trinajstić information content (AvgIpc) is 2.42. The molecule has 2 unspecified atom stereocenters. The quantitative estimate of drug-likeness (QED) is 0.882. The molecule has 1 saturated heterocycles. The van der Waals surface area contributed by atoms with E-state index in [1.54, 1.807) is 0 Å². The Kier molecular flexibility index (Phi) is 4.56. The molecule has 2 rings (SSSR count). The third-order valence-corrected chi connectivity index (χ3v) is 4.10. The molecule has 0 aromatic heterocycles. The van der Waals surface area contributed by atoms with Crippen LogP contribution < -0.4 is 5.73 Å². The van der Waals surface area contributed by atoms with Crippen LogP contribution in [0.4, 0.5) is 0 Å². The molecule has 2 heteroatoms. The van der Waals surface area contributed by atoms with E-state index in [0.29, 0.717) is 5.92 Å². The summed E-state index contributed by atoms with van der Waals surface area (Å²) in [5, 5.41) is 0. The molecule has 2 N–H and O–H groups in total. The molecule has 1 aromatic carbocycles. The molecule has 0 bridgehead atoms. The van der Waals surface area contributed by atoms with Gasteiger partial charge in [0.25, 0.3) is 0 Å². The van der Waals surface area contributed by atoms with Gasteiger partial charge in [0.2, 0.25) is 0 Å². The Morgan fingerprint density at radius 1 is 1.39 bits per heavy atom. The van der Waals surface area contributed by atoms with Gasteiger partial charge in [-0.05, 0) is 42.5 Å². The number of nitrogens with two attached hydrogens (primary N) is 1. The second kappa shape index (κ2) is 6.17. The lowest BCUT2D eigenvalue weighted by molar-refractivity contribution is 0.146. The third-order valence-electron chi connectivity index (χ3n) is 4.10. The van der Waals surface area contributed by atoms with E-state index in [0.717, 1.165) is 25.6 Å². The largest absolute Gasteiger partial charge is 0.330 e. The number of hydrogen-bond donors (Lipinski definition) is 1. The molecule has 1 heterocycles. The molecule has 1 aliphatic rings. The van der Waals surface area contributed by atoms with Crippen LogP contribution in [0.15, 0.2) is 36.9 Å². The first-order valence-corrected chi connectivity index (χ1v) is 6.86. The van der Waals surface area contributed by atoms with E-state index in [4.69, 9.17) is 5.73 Å². The minimum atomic E-state index is 0.641. The number of hydrogen-bond acceptors (Lipinski definition) is 2. The van der Waals surface area contributed by atoms with Gasteiger partial charge in [-0.15, -0.1) is 0 Å². The fourth-order valence-corrected chi connectivity index (χ4v) is 2.71. The lowest BCUT2D eigenvalue weighted by Crippen LogP contribution is -2.43. The zero-order valence-electron chi connectivity index (χ0n) is 11.3. The summed E-state index contributed by atoms with van der Waals surface area (Å²) in [5.74, 6) is 1.40. The van der Waals surface area contributed by atoms with Crippen LogP contribution in [-0.2, 0) is 0 Å². The normalized spacial score (nSPS) is 25.0. The molecule has 1 fully saturated rings. The van der Waals surface area contributed by atoms with Crippen molar-refractivity contribution >= 4 is 5.57 Å². The number of piperidine rings is 1. The molecular weight excluding hydrogens is 220 g/mol. The number of rotatable bonds is 4. The summed E-state index contributed by atoms with van der Waals surface area (Å²) in [5.41, 5.74) is 8.31. The maximum absolute atomic E-state index is 5.85. The topological polar surface area (TPSA) is 29.3 Å². The third kappa shape index (κ3) is 3.21. The van der Waals surface area contributed by atoms with Crippen LogP contribution in [0, 0.1) is 11.8 Å². The monoisotopic (exact) mass is 244 g/mol. The van der Waals surface area contributed by atoms with E-state index in [1.165, 1.54) is 24.1 Å². The van der Waals surface area contributed by atoms with E-state index in [9.17, 15) is 0 Å². The molecular formula is C16H24N2. The smallest absolute Gasteiger partial charge is 0.0233 e. The Morgan fingerprint density at radius 3 is 2.78 bits per heavy atom. The van der Waals surface area contributed by atoms with Gasteiger partial charge in [0.05, 0.1) is 0 Å². The number of nitrogens with zero attached hydrogens (tertiary/aromatic N) is 1. The highest BCUT2D eigenvalue weighted by atomic mass is 15.1. The van der Waals surface area contributed by atoms with Gasteiger partial charge < -0.3 is 5.73 Å². The SMILES string of the molecule is C=C(CN1CCC(C)C(CN)C1)c1ccccc1. The minimum Gasteiger partial charge on any atom is -0.330 e. The van der Waals surface area contributed by atoms with Crippen LogP contribution in [-0.4, -0.2) is 31.1 Å². The summed E-state index contributed by atoms with van der Waals surface area (Å²) >= 11 is 0. The predicted molar refractivity (Wildman–Crippen MR) is 78.2 cm³/mol. The number of benzene rings is 1. The van der Waals surface area contributed by atoms with Gasteiger partial charge in [-0.2, -0.15) is 0 Å². The molecule has 0 radical (unpaired) electrons.